The summed E-state index contributed by atoms with van der Waals surface area (Å²) in [4.78, 5) is 28.8. The van der Waals surface area contributed by atoms with Crippen molar-refractivity contribution in [2.45, 2.75) is 25.3 Å². The molecule has 1 atom stereocenters. The maximum absolute atomic E-state index is 13.1. The Labute approximate surface area is 127 Å². The van der Waals surface area contributed by atoms with Crippen LogP contribution in [0.4, 0.5) is 4.39 Å². The number of nitrogens with zero attached hydrogens (tertiary/aromatic N) is 1. The summed E-state index contributed by atoms with van der Waals surface area (Å²) in [5.74, 6) is -0.562. The number of amides is 1. The summed E-state index contributed by atoms with van der Waals surface area (Å²) < 4.78 is 13.1. The van der Waals surface area contributed by atoms with E-state index in [1.807, 2.05) is 0 Å². The number of rotatable bonds is 2. The van der Waals surface area contributed by atoms with Gasteiger partial charge in [0.25, 0.3) is 11.5 Å². The normalized spacial score (nSPS) is 18.2. The summed E-state index contributed by atoms with van der Waals surface area (Å²) in [6.07, 6.45) is 4.25. The molecule has 3 rings (SSSR count). The SMILES string of the molecule is O=C(c1ccc[nH]c1=O)N1CCCC[C@H]1c1ccc(F)cc1. The lowest BCUT2D eigenvalue weighted by atomic mass is 9.94. The Morgan fingerprint density at radius 3 is 2.68 bits per heavy atom. The zero-order valence-electron chi connectivity index (χ0n) is 12.1. The minimum atomic E-state index is -0.379. The molecular formula is C17H17FN2O2. The third kappa shape index (κ3) is 2.79. The second-order valence-corrected chi connectivity index (χ2v) is 5.47. The Morgan fingerprint density at radius 2 is 1.95 bits per heavy atom. The number of halogens is 1. The molecule has 1 aromatic carbocycles. The van der Waals surface area contributed by atoms with Gasteiger partial charge in [0, 0.05) is 12.7 Å². The molecule has 0 radical (unpaired) electrons. The van der Waals surface area contributed by atoms with Gasteiger partial charge in [-0.1, -0.05) is 12.1 Å². The molecule has 5 heteroatoms. The largest absolute Gasteiger partial charge is 0.331 e. The van der Waals surface area contributed by atoms with E-state index in [0.717, 1.165) is 24.8 Å². The first-order chi connectivity index (χ1) is 10.7. The molecule has 1 aromatic heterocycles. The number of carbonyl (C=O) groups excluding carboxylic acids is 1. The predicted molar refractivity (Wildman–Crippen MR) is 81.1 cm³/mol. The van der Waals surface area contributed by atoms with E-state index in [9.17, 15) is 14.0 Å². The first-order valence-electron chi connectivity index (χ1n) is 7.41. The standard InChI is InChI=1S/C17H17FN2O2/c18-13-8-6-12(7-9-13)15-5-1-2-11-20(15)17(22)14-4-3-10-19-16(14)21/h3-4,6-10,15H,1-2,5,11H2,(H,19,21)/t15-/m0/s1. The van der Waals surface area contributed by atoms with Gasteiger partial charge in [-0.3, -0.25) is 9.59 Å². The van der Waals surface area contributed by atoms with E-state index >= 15 is 0 Å². The van der Waals surface area contributed by atoms with E-state index in [0.29, 0.717) is 6.54 Å². The molecule has 0 unspecified atom stereocenters. The second-order valence-electron chi connectivity index (χ2n) is 5.47. The lowest BCUT2D eigenvalue weighted by Gasteiger charge is -2.36. The summed E-state index contributed by atoms with van der Waals surface area (Å²) in [6.45, 7) is 0.606. The average Bonchev–Trinajstić information content (AvgIpc) is 2.55. The van der Waals surface area contributed by atoms with Crippen molar-refractivity contribution in [2.75, 3.05) is 6.54 Å². The number of piperidine rings is 1. The molecule has 1 saturated heterocycles. The van der Waals surface area contributed by atoms with Crippen LogP contribution in [0.3, 0.4) is 0 Å². The molecule has 1 fully saturated rings. The van der Waals surface area contributed by atoms with E-state index in [1.165, 1.54) is 24.4 Å². The highest BCUT2D eigenvalue weighted by Crippen LogP contribution is 2.31. The molecule has 2 aromatic rings. The van der Waals surface area contributed by atoms with Gasteiger partial charge >= 0.3 is 0 Å². The molecule has 1 aliphatic rings. The van der Waals surface area contributed by atoms with E-state index < -0.39 is 0 Å². The van der Waals surface area contributed by atoms with Crippen LogP contribution >= 0.6 is 0 Å². The van der Waals surface area contributed by atoms with Crippen LogP contribution in [0, 0.1) is 5.82 Å². The Kier molecular flexibility index (Phi) is 4.04. The number of benzene rings is 1. The maximum atomic E-state index is 13.1. The first-order valence-corrected chi connectivity index (χ1v) is 7.41. The Hall–Kier alpha value is -2.43. The second kappa shape index (κ2) is 6.13. The van der Waals surface area contributed by atoms with Crippen molar-refractivity contribution >= 4 is 5.91 Å². The van der Waals surface area contributed by atoms with Crippen LogP contribution in [0.25, 0.3) is 0 Å². The quantitative estimate of drug-likeness (QED) is 0.927. The van der Waals surface area contributed by atoms with Gasteiger partial charge in [0.2, 0.25) is 0 Å². The average molecular weight is 300 g/mol. The van der Waals surface area contributed by atoms with Crippen molar-refractivity contribution in [1.29, 1.82) is 0 Å². The molecule has 22 heavy (non-hydrogen) atoms. The zero-order valence-corrected chi connectivity index (χ0v) is 12.1. The maximum Gasteiger partial charge on any atom is 0.260 e. The van der Waals surface area contributed by atoms with Gasteiger partial charge in [-0.25, -0.2) is 4.39 Å². The van der Waals surface area contributed by atoms with Gasteiger partial charge in [0.05, 0.1) is 6.04 Å². The van der Waals surface area contributed by atoms with E-state index in [-0.39, 0.29) is 28.9 Å². The minimum absolute atomic E-state index is 0.110. The van der Waals surface area contributed by atoms with Crippen molar-refractivity contribution in [3.8, 4) is 0 Å². The molecule has 4 nitrogen and oxygen atoms in total. The van der Waals surface area contributed by atoms with Crippen molar-refractivity contribution in [1.82, 2.24) is 9.88 Å². The van der Waals surface area contributed by atoms with E-state index in [4.69, 9.17) is 0 Å². The molecule has 2 heterocycles. The number of nitrogens with one attached hydrogen (secondary N) is 1. The number of aromatic nitrogens is 1. The Balaban J connectivity index is 1.93. The molecule has 0 bridgehead atoms. The van der Waals surface area contributed by atoms with Gasteiger partial charge in [-0.15, -0.1) is 0 Å². The van der Waals surface area contributed by atoms with Crippen LogP contribution in [-0.4, -0.2) is 22.3 Å². The molecule has 1 amide bonds. The smallest absolute Gasteiger partial charge is 0.260 e. The van der Waals surface area contributed by atoms with E-state index in [1.54, 1.807) is 23.1 Å². The number of hydrogen-bond donors (Lipinski definition) is 1. The summed E-state index contributed by atoms with van der Waals surface area (Å²) in [5.41, 5.74) is 0.675. The third-order valence-corrected chi connectivity index (χ3v) is 4.07. The lowest BCUT2D eigenvalue weighted by molar-refractivity contribution is 0.0609. The summed E-state index contributed by atoms with van der Waals surface area (Å²) >= 11 is 0. The summed E-state index contributed by atoms with van der Waals surface area (Å²) in [7, 11) is 0. The van der Waals surface area contributed by atoms with Gasteiger partial charge in [-0.05, 0) is 49.1 Å². The van der Waals surface area contributed by atoms with Crippen molar-refractivity contribution in [3.05, 3.63) is 69.9 Å². The third-order valence-electron chi connectivity index (χ3n) is 4.07. The highest BCUT2D eigenvalue weighted by atomic mass is 19.1. The van der Waals surface area contributed by atoms with Crippen LogP contribution in [0.2, 0.25) is 0 Å². The molecule has 1 aliphatic heterocycles. The van der Waals surface area contributed by atoms with E-state index in [2.05, 4.69) is 4.98 Å². The molecular weight excluding hydrogens is 283 g/mol. The van der Waals surface area contributed by atoms with Crippen molar-refractivity contribution in [3.63, 3.8) is 0 Å². The van der Waals surface area contributed by atoms with Gasteiger partial charge in [0.15, 0.2) is 0 Å². The number of aromatic amines is 1. The van der Waals surface area contributed by atoms with Gasteiger partial charge < -0.3 is 9.88 Å². The number of carbonyl (C=O) groups is 1. The lowest BCUT2D eigenvalue weighted by Crippen LogP contribution is -2.40. The predicted octanol–water partition coefficient (Wildman–Crippen LogP) is 2.88. The fraction of sp³-hybridized carbons (Fsp3) is 0.294. The fourth-order valence-corrected chi connectivity index (χ4v) is 2.95. The number of H-pyrrole nitrogens is 1. The Morgan fingerprint density at radius 1 is 1.18 bits per heavy atom. The molecule has 1 N–H and O–H groups in total. The molecule has 0 aliphatic carbocycles. The molecule has 114 valence electrons. The number of hydrogen-bond acceptors (Lipinski definition) is 2. The van der Waals surface area contributed by atoms with Crippen molar-refractivity contribution < 1.29 is 9.18 Å². The van der Waals surface area contributed by atoms with Crippen LogP contribution < -0.4 is 5.56 Å². The topological polar surface area (TPSA) is 53.2 Å². The van der Waals surface area contributed by atoms with Crippen LogP contribution in [-0.2, 0) is 0 Å². The highest BCUT2D eigenvalue weighted by molar-refractivity contribution is 5.94. The molecule has 0 spiro atoms. The van der Waals surface area contributed by atoms with Gasteiger partial charge in [-0.2, -0.15) is 0 Å². The molecule has 0 saturated carbocycles. The van der Waals surface area contributed by atoms with Crippen LogP contribution in [0.5, 0.6) is 0 Å². The van der Waals surface area contributed by atoms with Crippen molar-refractivity contribution in [2.24, 2.45) is 0 Å². The minimum Gasteiger partial charge on any atom is -0.331 e. The fourth-order valence-electron chi connectivity index (χ4n) is 2.95. The van der Waals surface area contributed by atoms with Gasteiger partial charge in [0.1, 0.15) is 11.4 Å². The first kappa shape index (κ1) is 14.5. The highest BCUT2D eigenvalue weighted by Gasteiger charge is 2.29. The van der Waals surface area contributed by atoms with Crippen LogP contribution in [0.15, 0.2) is 47.4 Å². The van der Waals surface area contributed by atoms with Crippen LogP contribution in [0.1, 0.15) is 41.2 Å². The number of likely N-dealkylation sites (tertiary alicyclic amines) is 1. The zero-order chi connectivity index (χ0) is 15.5. The summed E-state index contributed by atoms with van der Waals surface area (Å²) in [6, 6.07) is 9.30. The number of pyridine rings is 1. The monoisotopic (exact) mass is 300 g/mol. The summed E-state index contributed by atoms with van der Waals surface area (Å²) in [5, 5.41) is 0. The Bertz CT molecular complexity index is 724.